The summed E-state index contributed by atoms with van der Waals surface area (Å²) >= 11 is 0. The Labute approximate surface area is 156 Å². The molecule has 0 amide bonds. The number of guanidine groups is 1. The molecule has 0 atom stereocenters. The molecule has 1 N–H and O–H groups in total. The van der Waals surface area contributed by atoms with Gasteiger partial charge in [0.2, 0.25) is 0 Å². The van der Waals surface area contributed by atoms with E-state index in [1.807, 2.05) is 38.2 Å². The Balaban J connectivity index is 0.00000484. The van der Waals surface area contributed by atoms with Crippen LogP contribution in [0.25, 0.3) is 0 Å². The minimum atomic E-state index is 0. The van der Waals surface area contributed by atoms with Gasteiger partial charge in [-0.25, -0.2) is 0 Å². The number of methoxy groups -OCH3 is 1. The van der Waals surface area contributed by atoms with Gasteiger partial charge in [0.25, 0.3) is 0 Å². The number of halogens is 1. The van der Waals surface area contributed by atoms with Gasteiger partial charge in [-0.15, -0.1) is 24.0 Å². The Morgan fingerprint density at radius 1 is 1.26 bits per heavy atom. The second-order valence-corrected chi connectivity index (χ2v) is 4.78. The maximum atomic E-state index is 5.72. The average molecular weight is 433 g/mol. The van der Waals surface area contributed by atoms with Crippen molar-refractivity contribution in [1.29, 1.82) is 0 Å². The lowest BCUT2D eigenvalue weighted by molar-refractivity contribution is 0.281. The van der Waals surface area contributed by atoms with Crippen molar-refractivity contribution in [2.75, 3.05) is 40.9 Å². The number of nitrogens with one attached hydrogen (secondary N) is 1. The SMILES string of the molecule is C/C=C/CCNC(=NC)N(C)CCOc1ccc(OC)cc1.I. The van der Waals surface area contributed by atoms with Gasteiger partial charge in [-0.3, -0.25) is 4.99 Å². The average Bonchev–Trinajstić information content (AvgIpc) is 2.55. The van der Waals surface area contributed by atoms with Gasteiger partial charge in [-0.2, -0.15) is 0 Å². The van der Waals surface area contributed by atoms with E-state index in [2.05, 4.69) is 27.4 Å². The summed E-state index contributed by atoms with van der Waals surface area (Å²) in [7, 11) is 5.45. The highest BCUT2D eigenvalue weighted by Gasteiger charge is 2.05. The zero-order valence-electron chi connectivity index (χ0n) is 14.4. The fourth-order valence-electron chi connectivity index (χ4n) is 1.90. The zero-order chi connectivity index (χ0) is 16.2. The number of benzene rings is 1. The number of likely N-dealkylation sites (N-methyl/N-ethyl adjacent to an activating group) is 1. The Morgan fingerprint density at radius 2 is 1.91 bits per heavy atom. The van der Waals surface area contributed by atoms with Crippen LogP contribution in [0.2, 0.25) is 0 Å². The van der Waals surface area contributed by atoms with Gasteiger partial charge < -0.3 is 19.7 Å². The van der Waals surface area contributed by atoms with Gasteiger partial charge in [-0.05, 0) is 37.6 Å². The molecular weight excluding hydrogens is 405 g/mol. The second-order valence-electron chi connectivity index (χ2n) is 4.78. The second kappa shape index (κ2) is 13.0. The molecule has 0 saturated carbocycles. The maximum absolute atomic E-state index is 5.72. The number of hydrogen-bond donors (Lipinski definition) is 1. The van der Waals surface area contributed by atoms with E-state index in [4.69, 9.17) is 9.47 Å². The molecule has 1 rings (SSSR count). The number of ether oxygens (including phenoxy) is 2. The van der Waals surface area contributed by atoms with Crippen molar-refractivity contribution >= 4 is 29.9 Å². The van der Waals surface area contributed by atoms with Crippen molar-refractivity contribution in [1.82, 2.24) is 10.2 Å². The lowest BCUT2D eigenvalue weighted by Crippen LogP contribution is -2.41. The molecule has 0 aromatic heterocycles. The van der Waals surface area contributed by atoms with E-state index in [-0.39, 0.29) is 24.0 Å². The van der Waals surface area contributed by atoms with Crippen LogP contribution in [0.4, 0.5) is 0 Å². The summed E-state index contributed by atoms with van der Waals surface area (Å²) in [5.74, 6) is 2.54. The zero-order valence-corrected chi connectivity index (χ0v) is 16.7. The van der Waals surface area contributed by atoms with Crippen LogP contribution in [0.1, 0.15) is 13.3 Å². The Kier molecular flexibility index (Phi) is 12.2. The largest absolute Gasteiger partial charge is 0.497 e. The van der Waals surface area contributed by atoms with E-state index in [9.17, 15) is 0 Å². The van der Waals surface area contributed by atoms with Crippen LogP contribution < -0.4 is 14.8 Å². The van der Waals surface area contributed by atoms with Crippen molar-refractivity contribution in [2.24, 2.45) is 4.99 Å². The van der Waals surface area contributed by atoms with Crippen LogP contribution in [-0.2, 0) is 0 Å². The molecule has 0 aliphatic heterocycles. The molecule has 1 aromatic rings. The molecule has 23 heavy (non-hydrogen) atoms. The number of hydrogen-bond acceptors (Lipinski definition) is 3. The van der Waals surface area contributed by atoms with E-state index in [0.717, 1.165) is 37.0 Å². The van der Waals surface area contributed by atoms with Crippen molar-refractivity contribution in [3.63, 3.8) is 0 Å². The quantitative estimate of drug-likeness (QED) is 0.225. The van der Waals surface area contributed by atoms with Gasteiger partial charge in [0.15, 0.2) is 5.96 Å². The van der Waals surface area contributed by atoms with Gasteiger partial charge >= 0.3 is 0 Å². The summed E-state index contributed by atoms with van der Waals surface area (Å²) in [6.45, 7) is 4.26. The maximum Gasteiger partial charge on any atom is 0.193 e. The first-order chi connectivity index (χ1) is 10.7. The standard InChI is InChI=1S/C17H27N3O2.HI/c1-5-6-7-12-19-17(18-2)20(3)13-14-22-16-10-8-15(21-4)9-11-16;/h5-6,8-11H,7,12-14H2,1-4H3,(H,18,19);1H/b6-5+;. The molecule has 0 saturated heterocycles. The third-order valence-corrected chi connectivity index (χ3v) is 3.16. The Bertz CT molecular complexity index is 475. The summed E-state index contributed by atoms with van der Waals surface area (Å²) < 4.78 is 10.8. The number of aliphatic imine (C=N–C) groups is 1. The van der Waals surface area contributed by atoms with Crippen molar-refractivity contribution in [2.45, 2.75) is 13.3 Å². The molecule has 0 aliphatic rings. The van der Waals surface area contributed by atoms with Gasteiger partial charge in [0.05, 0.1) is 13.7 Å². The molecule has 0 heterocycles. The lowest BCUT2D eigenvalue weighted by Gasteiger charge is -2.22. The van der Waals surface area contributed by atoms with Crippen LogP contribution in [0.3, 0.4) is 0 Å². The first-order valence-electron chi connectivity index (χ1n) is 7.51. The number of allylic oxidation sites excluding steroid dienone is 1. The van der Waals surface area contributed by atoms with E-state index in [1.165, 1.54) is 0 Å². The molecule has 5 nitrogen and oxygen atoms in total. The topological polar surface area (TPSA) is 46.1 Å². The minimum Gasteiger partial charge on any atom is -0.497 e. The smallest absolute Gasteiger partial charge is 0.193 e. The van der Waals surface area contributed by atoms with Crippen molar-refractivity contribution in [3.8, 4) is 11.5 Å². The fraction of sp³-hybridized carbons (Fsp3) is 0.471. The fourth-order valence-corrected chi connectivity index (χ4v) is 1.90. The van der Waals surface area contributed by atoms with E-state index in [0.29, 0.717) is 6.61 Å². The van der Waals surface area contributed by atoms with Crippen LogP contribution >= 0.6 is 24.0 Å². The van der Waals surface area contributed by atoms with Crippen LogP contribution in [0.5, 0.6) is 11.5 Å². The summed E-state index contributed by atoms with van der Waals surface area (Å²) in [4.78, 5) is 6.32. The third-order valence-electron chi connectivity index (χ3n) is 3.16. The van der Waals surface area contributed by atoms with E-state index in [1.54, 1.807) is 14.2 Å². The summed E-state index contributed by atoms with van der Waals surface area (Å²) in [5.41, 5.74) is 0. The molecule has 0 bridgehead atoms. The highest BCUT2D eigenvalue weighted by molar-refractivity contribution is 14.0. The predicted octanol–water partition coefficient (Wildman–Crippen LogP) is 3.17. The predicted molar refractivity (Wildman–Crippen MR) is 107 cm³/mol. The van der Waals surface area contributed by atoms with E-state index >= 15 is 0 Å². The Morgan fingerprint density at radius 3 is 2.48 bits per heavy atom. The van der Waals surface area contributed by atoms with Gasteiger partial charge in [-0.1, -0.05) is 12.2 Å². The van der Waals surface area contributed by atoms with Gasteiger partial charge in [0.1, 0.15) is 18.1 Å². The minimum absolute atomic E-state index is 0. The molecule has 6 heteroatoms. The lowest BCUT2D eigenvalue weighted by atomic mass is 10.3. The molecule has 130 valence electrons. The highest BCUT2D eigenvalue weighted by atomic mass is 127. The number of nitrogens with zero attached hydrogens (tertiary/aromatic N) is 2. The van der Waals surface area contributed by atoms with Crippen molar-refractivity contribution < 1.29 is 9.47 Å². The molecule has 0 spiro atoms. The normalized spacial score (nSPS) is 11.0. The van der Waals surface area contributed by atoms with Crippen molar-refractivity contribution in [3.05, 3.63) is 36.4 Å². The van der Waals surface area contributed by atoms with Gasteiger partial charge in [0, 0.05) is 20.6 Å². The highest BCUT2D eigenvalue weighted by Crippen LogP contribution is 2.16. The number of rotatable bonds is 8. The monoisotopic (exact) mass is 433 g/mol. The van der Waals surface area contributed by atoms with Crippen LogP contribution in [0.15, 0.2) is 41.4 Å². The molecule has 0 radical (unpaired) electrons. The third kappa shape index (κ3) is 8.68. The summed E-state index contributed by atoms with van der Waals surface area (Å²) in [6, 6.07) is 7.59. The Hall–Kier alpha value is -1.44. The summed E-state index contributed by atoms with van der Waals surface area (Å²) in [5, 5.41) is 3.32. The molecule has 0 unspecified atom stereocenters. The molecule has 1 aromatic carbocycles. The van der Waals surface area contributed by atoms with E-state index < -0.39 is 0 Å². The molecule has 0 aliphatic carbocycles. The summed E-state index contributed by atoms with van der Waals surface area (Å²) in [6.07, 6.45) is 5.18. The van der Waals surface area contributed by atoms with Crippen LogP contribution in [0, 0.1) is 0 Å². The first kappa shape index (κ1) is 21.6. The molecular formula is C17H28IN3O2. The van der Waals surface area contributed by atoms with Crippen LogP contribution in [-0.4, -0.2) is 51.8 Å². The molecule has 0 fully saturated rings. The first-order valence-corrected chi connectivity index (χ1v) is 7.51.